The second-order valence-corrected chi connectivity index (χ2v) is 6.91. The number of hydrogen-bond acceptors (Lipinski definition) is 5. The third-order valence-electron chi connectivity index (χ3n) is 3.09. The zero-order valence-corrected chi connectivity index (χ0v) is 12.3. The van der Waals surface area contributed by atoms with E-state index >= 15 is 0 Å². The number of rotatable bonds is 8. The molecule has 4 N–H and O–H groups in total. The fraction of sp³-hybridized carbons (Fsp3) is 0.818. The molecule has 0 bridgehead atoms. The Balaban J connectivity index is 4.77. The van der Waals surface area contributed by atoms with Crippen molar-refractivity contribution in [3.8, 4) is 0 Å². The number of carbonyl (C=O) groups excluding carboxylic acids is 1. The van der Waals surface area contributed by atoms with E-state index < -0.39 is 33.3 Å². The first kappa shape index (κ1) is 17.8. The van der Waals surface area contributed by atoms with Gasteiger partial charge >= 0.3 is 5.97 Å². The molecule has 0 saturated carbocycles. The van der Waals surface area contributed by atoms with Crippen LogP contribution < -0.4 is 11.1 Å². The number of nitrogens with two attached hydrogens (primary N) is 1. The molecule has 0 heterocycles. The summed E-state index contributed by atoms with van der Waals surface area (Å²) in [6.45, 7) is 3.46. The van der Waals surface area contributed by atoms with Crippen LogP contribution in [-0.2, 0) is 19.4 Å². The maximum atomic E-state index is 11.9. The van der Waals surface area contributed by atoms with Crippen molar-refractivity contribution >= 4 is 21.7 Å². The topological polar surface area (TPSA) is 127 Å². The lowest BCUT2D eigenvalue weighted by atomic mass is 9.93. The molecule has 0 saturated heterocycles. The number of nitrogens with one attached hydrogen (secondary N) is 1. The minimum absolute atomic E-state index is 0.177. The first-order valence-electron chi connectivity index (χ1n) is 6.06. The highest BCUT2D eigenvalue weighted by Gasteiger charge is 2.33. The number of sulfone groups is 1. The van der Waals surface area contributed by atoms with Crippen molar-refractivity contribution in [1.29, 1.82) is 0 Å². The Morgan fingerprint density at radius 3 is 2.11 bits per heavy atom. The minimum atomic E-state index is -3.28. The molecule has 0 aliphatic rings. The summed E-state index contributed by atoms with van der Waals surface area (Å²) >= 11 is 0. The fourth-order valence-corrected chi connectivity index (χ4v) is 2.13. The van der Waals surface area contributed by atoms with Crippen LogP contribution in [0.2, 0.25) is 0 Å². The predicted molar refractivity (Wildman–Crippen MR) is 71.4 cm³/mol. The quantitative estimate of drug-likeness (QED) is 0.554. The maximum Gasteiger partial charge on any atom is 0.326 e. The van der Waals surface area contributed by atoms with Crippen molar-refractivity contribution in [2.24, 2.45) is 5.73 Å². The van der Waals surface area contributed by atoms with Crippen LogP contribution in [0.5, 0.6) is 0 Å². The summed E-state index contributed by atoms with van der Waals surface area (Å²) in [5, 5.41) is 11.3. The van der Waals surface area contributed by atoms with Gasteiger partial charge in [-0.05, 0) is 19.3 Å². The van der Waals surface area contributed by atoms with E-state index in [4.69, 9.17) is 10.8 Å². The molecule has 1 amide bonds. The molecule has 0 aromatic carbocycles. The summed E-state index contributed by atoms with van der Waals surface area (Å²) in [6.07, 6.45) is 1.57. The first-order valence-corrected chi connectivity index (χ1v) is 8.12. The van der Waals surface area contributed by atoms with Gasteiger partial charge in [-0.15, -0.1) is 0 Å². The molecule has 1 unspecified atom stereocenters. The van der Waals surface area contributed by atoms with E-state index in [2.05, 4.69) is 5.32 Å². The summed E-state index contributed by atoms with van der Waals surface area (Å²) in [6, 6.07) is -1.25. The molecule has 8 heteroatoms. The van der Waals surface area contributed by atoms with Crippen molar-refractivity contribution < 1.29 is 23.1 Å². The highest BCUT2D eigenvalue weighted by molar-refractivity contribution is 7.90. The SMILES string of the molecule is CCC(N)(CC)C(=O)NC(CCS(C)(=O)=O)C(=O)O. The second kappa shape index (κ2) is 6.85. The van der Waals surface area contributed by atoms with Crippen molar-refractivity contribution in [2.45, 2.75) is 44.7 Å². The van der Waals surface area contributed by atoms with E-state index in [1.54, 1.807) is 13.8 Å². The van der Waals surface area contributed by atoms with E-state index in [-0.39, 0.29) is 12.2 Å². The van der Waals surface area contributed by atoms with Gasteiger partial charge in [0.25, 0.3) is 0 Å². The molecule has 7 nitrogen and oxygen atoms in total. The van der Waals surface area contributed by atoms with Gasteiger partial charge in [0, 0.05) is 6.26 Å². The van der Waals surface area contributed by atoms with Gasteiger partial charge in [-0.1, -0.05) is 13.8 Å². The molecule has 1 atom stereocenters. The first-order chi connectivity index (χ1) is 8.55. The molecule has 0 aliphatic heterocycles. The van der Waals surface area contributed by atoms with Gasteiger partial charge in [-0.3, -0.25) is 4.79 Å². The van der Waals surface area contributed by atoms with Gasteiger partial charge in [0.1, 0.15) is 15.9 Å². The van der Waals surface area contributed by atoms with E-state index in [0.29, 0.717) is 12.8 Å². The molecule has 112 valence electrons. The van der Waals surface area contributed by atoms with Crippen LogP contribution in [0.4, 0.5) is 0 Å². The van der Waals surface area contributed by atoms with Crippen LogP contribution in [-0.4, -0.2) is 49.0 Å². The van der Waals surface area contributed by atoms with E-state index in [9.17, 15) is 18.0 Å². The van der Waals surface area contributed by atoms with Crippen LogP contribution in [0.3, 0.4) is 0 Å². The van der Waals surface area contributed by atoms with Crippen LogP contribution in [0, 0.1) is 0 Å². The van der Waals surface area contributed by atoms with Crippen molar-refractivity contribution in [2.75, 3.05) is 12.0 Å². The summed E-state index contributed by atoms with van der Waals surface area (Å²) in [5.41, 5.74) is 4.72. The number of hydrogen-bond donors (Lipinski definition) is 3. The fourth-order valence-electron chi connectivity index (χ4n) is 1.46. The standard InChI is InChI=1S/C11H22N2O5S/c1-4-11(12,5-2)10(16)13-8(9(14)15)6-7-19(3,17)18/h8H,4-7,12H2,1-3H3,(H,13,16)(H,14,15). The summed E-state index contributed by atoms with van der Waals surface area (Å²) in [7, 11) is -3.28. The monoisotopic (exact) mass is 294 g/mol. The number of carbonyl (C=O) groups is 2. The molecule has 0 aromatic heterocycles. The molecule has 0 radical (unpaired) electrons. The third kappa shape index (κ3) is 6.02. The Morgan fingerprint density at radius 2 is 1.79 bits per heavy atom. The Kier molecular flexibility index (Phi) is 6.44. The lowest BCUT2D eigenvalue weighted by molar-refractivity contribution is -0.142. The lowest BCUT2D eigenvalue weighted by Crippen LogP contribution is -2.57. The van der Waals surface area contributed by atoms with Gasteiger partial charge < -0.3 is 16.2 Å². The van der Waals surface area contributed by atoms with Gasteiger partial charge in [0.2, 0.25) is 5.91 Å². The zero-order valence-electron chi connectivity index (χ0n) is 11.5. The highest BCUT2D eigenvalue weighted by atomic mass is 32.2. The minimum Gasteiger partial charge on any atom is -0.480 e. The number of carboxylic acid groups (broad SMARTS) is 1. The van der Waals surface area contributed by atoms with Crippen LogP contribution in [0.1, 0.15) is 33.1 Å². The van der Waals surface area contributed by atoms with E-state index in [0.717, 1.165) is 6.26 Å². The highest BCUT2D eigenvalue weighted by Crippen LogP contribution is 2.12. The van der Waals surface area contributed by atoms with Crippen molar-refractivity contribution in [3.63, 3.8) is 0 Å². The van der Waals surface area contributed by atoms with Gasteiger partial charge in [-0.25, -0.2) is 13.2 Å². The van der Waals surface area contributed by atoms with Crippen LogP contribution in [0.15, 0.2) is 0 Å². The number of amides is 1. The zero-order chi connectivity index (χ0) is 15.3. The largest absolute Gasteiger partial charge is 0.480 e. The number of carboxylic acids is 1. The Bertz CT molecular complexity index is 428. The molecule has 0 rings (SSSR count). The van der Waals surface area contributed by atoms with Gasteiger partial charge in [-0.2, -0.15) is 0 Å². The molecule has 0 spiro atoms. The number of aliphatic carboxylic acids is 1. The second-order valence-electron chi connectivity index (χ2n) is 4.65. The summed E-state index contributed by atoms with van der Waals surface area (Å²) in [5.74, 6) is -2.15. The predicted octanol–water partition coefficient (Wildman–Crippen LogP) is -0.492. The average molecular weight is 294 g/mol. The van der Waals surface area contributed by atoms with Gasteiger partial charge in [0.05, 0.1) is 11.3 Å². The molecule has 19 heavy (non-hydrogen) atoms. The normalized spacial score (nSPS) is 13.9. The van der Waals surface area contributed by atoms with Crippen molar-refractivity contribution in [1.82, 2.24) is 5.32 Å². The Hall–Kier alpha value is -1.15. The Labute approximate surface area is 113 Å². The smallest absolute Gasteiger partial charge is 0.326 e. The van der Waals surface area contributed by atoms with Crippen LogP contribution in [0.25, 0.3) is 0 Å². The molecular weight excluding hydrogens is 272 g/mol. The van der Waals surface area contributed by atoms with E-state index in [1.807, 2.05) is 0 Å². The Morgan fingerprint density at radius 1 is 1.32 bits per heavy atom. The molecule has 0 aliphatic carbocycles. The molecular formula is C11H22N2O5S. The maximum absolute atomic E-state index is 11.9. The molecule has 0 fully saturated rings. The lowest BCUT2D eigenvalue weighted by Gasteiger charge is -2.27. The molecule has 0 aromatic rings. The summed E-state index contributed by atoms with van der Waals surface area (Å²) < 4.78 is 22.0. The third-order valence-corrected chi connectivity index (χ3v) is 4.07. The van der Waals surface area contributed by atoms with E-state index in [1.165, 1.54) is 0 Å². The van der Waals surface area contributed by atoms with Gasteiger partial charge in [0.15, 0.2) is 0 Å². The summed E-state index contributed by atoms with van der Waals surface area (Å²) in [4.78, 5) is 22.9. The van der Waals surface area contributed by atoms with Crippen molar-refractivity contribution in [3.05, 3.63) is 0 Å². The average Bonchev–Trinajstić information content (AvgIpc) is 2.31. The van der Waals surface area contributed by atoms with Crippen LogP contribution >= 0.6 is 0 Å².